The quantitative estimate of drug-likeness (QED) is 0.462. The van der Waals surface area contributed by atoms with Crippen LogP contribution in [0.5, 0.6) is 0 Å². The molecule has 0 saturated heterocycles. The predicted octanol–water partition coefficient (Wildman–Crippen LogP) is 4.01. The summed E-state index contributed by atoms with van der Waals surface area (Å²) in [5, 5.41) is 0. The fraction of sp³-hybridized carbons (Fsp3) is 0.615. The maximum Gasteiger partial charge on any atom is 0.0635 e. The van der Waals surface area contributed by atoms with Crippen LogP contribution in [0.15, 0.2) is 29.3 Å². The zero-order valence-corrected chi connectivity index (χ0v) is 10.2. The van der Waals surface area contributed by atoms with Gasteiger partial charge in [-0.2, -0.15) is 0 Å². The van der Waals surface area contributed by atoms with E-state index in [-0.39, 0.29) is 11.0 Å². The third kappa shape index (κ3) is 2.57. The van der Waals surface area contributed by atoms with Gasteiger partial charge in [0, 0.05) is 5.41 Å². The second-order valence-electron chi connectivity index (χ2n) is 4.68. The number of allylic oxidation sites excluding steroid dienone is 2. The zero-order chi connectivity index (χ0) is 11.4. The van der Waals surface area contributed by atoms with Gasteiger partial charge in [0.2, 0.25) is 0 Å². The van der Waals surface area contributed by atoms with E-state index in [1.165, 1.54) is 0 Å². The van der Waals surface area contributed by atoms with Gasteiger partial charge in [-0.15, -0.1) is 0 Å². The Morgan fingerprint density at radius 2 is 1.79 bits per heavy atom. The van der Waals surface area contributed by atoms with Gasteiger partial charge in [-0.3, -0.25) is 4.99 Å². The van der Waals surface area contributed by atoms with E-state index in [1.54, 1.807) is 0 Å². The lowest BCUT2D eigenvalue weighted by molar-refractivity contribution is 0.264. The molecule has 80 valence electrons. The number of nitrogens with zero attached hydrogens (tertiary/aromatic N) is 1. The molecule has 1 heteroatoms. The normalized spacial score (nSPS) is 13.2. The summed E-state index contributed by atoms with van der Waals surface area (Å²) >= 11 is 0. The summed E-state index contributed by atoms with van der Waals surface area (Å²) in [6, 6.07) is 0. The van der Waals surface area contributed by atoms with E-state index in [0.29, 0.717) is 0 Å². The van der Waals surface area contributed by atoms with Gasteiger partial charge >= 0.3 is 0 Å². The minimum absolute atomic E-state index is 0.0551. The highest BCUT2D eigenvalue weighted by Gasteiger charge is 2.37. The molecule has 0 aliphatic rings. The van der Waals surface area contributed by atoms with E-state index < -0.39 is 0 Å². The van der Waals surface area contributed by atoms with Crippen molar-refractivity contribution in [3.8, 4) is 0 Å². The number of aliphatic imine (C=N–C) groups is 1. The van der Waals surface area contributed by atoms with Crippen molar-refractivity contribution in [2.24, 2.45) is 10.4 Å². The average Bonchev–Trinajstić information content (AvgIpc) is 2.13. The molecular formula is C13H23N. The number of hydrogen-bond donors (Lipinski definition) is 0. The summed E-state index contributed by atoms with van der Waals surface area (Å²) in [7, 11) is 0. The molecule has 0 heterocycles. The smallest absolute Gasteiger partial charge is 0.0635 e. The van der Waals surface area contributed by atoms with E-state index >= 15 is 0 Å². The van der Waals surface area contributed by atoms with Crippen molar-refractivity contribution in [1.29, 1.82) is 0 Å². The summed E-state index contributed by atoms with van der Waals surface area (Å²) in [5.74, 6) is 0. The molecule has 1 nitrogen and oxygen atoms in total. The lowest BCUT2D eigenvalue weighted by Gasteiger charge is -2.39. The molecule has 0 atom stereocenters. The highest BCUT2D eigenvalue weighted by Crippen LogP contribution is 2.39. The zero-order valence-electron chi connectivity index (χ0n) is 10.2. The average molecular weight is 193 g/mol. The fourth-order valence-corrected chi connectivity index (χ4v) is 1.06. The molecule has 0 radical (unpaired) electrons. The highest BCUT2D eigenvalue weighted by atomic mass is 14.8. The molecule has 0 N–H and O–H groups in total. The van der Waals surface area contributed by atoms with E-state index in [2.05, 4.69) is 65.1 Å². The van der Waals surface area contributed by atoms with Crippen LogP contribution < -0.4 is 0 Å². The highest BCUT2D eigenvalue weighted by molar-refractivity contribution is 5.32. The summed E-state index contributed by atoms with van der Waals surface area (Å²) < 4.78 is 0. The Balaban J connectivity index is 4.86. The van der Waals surface area contributed by atoms with Gasteiger partial charge < -0.3 is 0 Å². The van der Waals surface area contributed by atoms with Gasteiger partial charge in [0.15, 0.2) is 0 Å². The molecule has 14 heavy (non-hydrogen) atoms. The van der Waals surface area contributed by atoms with Crippen LogP contribution in [0.3, 0.4) is 0 Å². The molecule has 0 aromatic carbocycles. The second kappa shape index (κ2) is 4.59. The monoisotopic (exact) mass is 193 g/mol. The van der Waals surface area contributed by atoms with Crippen molar-refractivity contribution in [3.05, 3.63) is 24.3 Å². The van der Waals surface area contributed by atoms with E-state index in [1.807, 2.05) is 0 Å². The van der Waals surface area contributed by atoms with Crippen LogP contribution in [-0.2, 0) is 0 Å². The summed E-state index contributed by atoms with van der Waals surface area (Å²) in [6.45, 7) is 18.4. The van der Waals surface area contributed by atoms with Crippen LogP contribution in [0, 0.1) is 5.41 Å². The minimum Gasteiger partial charge on any atom is -0.294 e. The van der Waals surface area contributed by atoms with Crippen LogP contribution in [0.1, 0.15) is 41.0 Å². The van der Waals surface area contributed by atoms with Crippen LogP contribution >= 0.6 is 0 Å². The van der Waals surface area contributed by atoms with Gasteiger partial charge in [-0.05, 0) is 32.6 Å². The molecule has 0 unspecified atom stereocenters. The Hall–Kier alpha value is -0.850. The molecule has 0 aliphatic heterocycles. The molecule has 0 saturated carbocycles. The Kier molecular flexibility index (Phi) is 4.31. The van der Waals surface area contributed by atoms with Crippen molar-refractivity contribution in [1.82, 2.24) is 0 Å². The third-order valence-electron chi connectivity index (χ3n) is 3.28. The SMILES string of the molecule is C=NC(C)(C)C(C)(C)C(=C)/C=C\CC. The molecule has 0 fully saturated rings. The largest absolute Gasteiger partial charge is 0.294 e. The van der Waals surface area contributed by atoms with E-state index in [0.717, 1.165) is 12.0 Å². The molecule has 0 aliphatic carbocycles. The van der Waals surface area contributed by atoms with Crippen LogP contribution in [0.4, 0.5) is 0 Å². The standard InChI is InChI=1S/C13H23N/c1-8-9-10-11(2)12(3,4)13(5,6)14-7/h9-10H,2,7-8H2,1,3-6H3/b10-9-. The second-order valence-corrected chi connectivity index (χ2v) is 4.68. The fourth-order valence-electron chi connectivity index (χ4n) is 1.06. The molecular weight excluding hydrogens is 170 g/mol. The van der Waals surface area contributed by atoms with Crippen molar-refractivity contribution >= 4 is 6.72 Å². The third-order valence-corrected chi connectivity index (χ3v) is 3.28. The Labute approximate surface area is 88.6 Å². The van der Waals surface area contributed by atoms with Crippen molar-refractivity contribution in [2.45, 2.75) is 46.6 Å². The minimum atomic E-state index is -0.178. The Morgan fingerprint density at radius 1 is 1.29 bits per heavy atom. The van der Waals surface area contributed by atoms with Crippen LogP contribution in [-0.4, -0.2) is 12.3 Å². The maximum absolute atomic E-state index is 4.18. The lowest BCUT2D eigenvalue weighted by atomic mass is 9.70. The van der Waals surface area contributed by atoms with Crippen molar-refractivity contribution in [2.75, 3.05) is 0 Å². The molecule has 0 aromatic heterocycles. The van der Waals surface area contributed by atoms with Gasteiger partial charge in [0.1, 0.15) is 0 Å². The predicted molar refractivity (Wildman–Crippen MR) is 66.0 cm³/mol. The lowest BCUT2D eigenvalue weighted by Crippen LogP contribution is -2.38. The maximum atomic E-state index is 4.18. The molecule has 0 aromatic rings. The van der Waals surface area contributed by atoms with Gasteiger partial charge in [-0.25, -0.2) is 0 Å². The van der Waals surface area contributed by atoms with Gasteiger partial charge in [0.25, 0.3) is 0 Å². The first kappa shape index (κ1) is 13.2. The van der Waals surface area contributed by atoms with Crippen molar-refractivity contribution < 1.29 is 0 Å². The van der Waals surface area contributed by atoms with E-state index in [9.17, 15) is 0 Å². The molecule has 0 rings (SSSR count). The topological polar surface area (TPSA) is 12.4 Å². The van der Waals surface area contributed by atoms with Crippen molar-refractivity contribution in [3.63, 3.8) is 0 Å². The first-order chi connectivity index (χ1) is 6.29. The molecule has 0 bridgehead atoms. The van der Waals surface area contributed by atoms with Gasteiger partial charge in [-0.1, -0.05) is 39.5 Å². The molecule has 0 spiro atoms. The van der Waals surface area contributed by atoms with Gasteiger partial charge in [0.05, 0.1) is 5.54 Å². The summed E-state index contributed by atoms with van der Waals surface area (Å²) in [6.07, 6.45) is 5.26. The summed E-state index contributed by atoms with van der Waals surface area (Å²) in [5.41, 5.74) is 0.875. The first-order valence-electron chi connectivity index (χ1n) is 5.13. The Bertz CT molecular complexity index is 244. The Morgan fingerprint density at radius 3 is 2.14 bits per heavy atom. The first-order valence-corrected chi connectivity index (χ1v) is 5.13. The van der Waals surface area contributed by atoms with Crippen LogP contribution in [0.2, 0.25) is 0 Å². The number of rotatable bonds is 5. The van der Waals surface area contributed by atoms with E-state index in [4.69, 9.17) is 0 Å². The molecule has 0 amide bonds. The van der Waals surface area contributed by atoms with Crippen LogP contribution in [0.25, 0.3) is 0 Å². The summed E-state index contributed by atoms with van der Waals surface area (Å²) in [4.78, 5) is 4.18. The number of hydrogen-bond acceptors (Lipinski definition) is 1.